The van der Waals surface area contributed by atoms with Crippen molar-refractivity contribution in [2.45, 2.75) is 74.1 Å². The monoisotopic (exact) mass is 883 g/mol. The number of para-hydroxylation sites is 1. The van der Waals surface area contributed by atoms with Crippen LogP contribution >= 0.6 is 0 Å². The standard InChI is InChI=1S/C46H48N4O2.Pt/c1-29(2)16-19-39-32(6)31(5)33(7)40(20-17-30(3)4)46(39)34-27-48-49(28-34)35-12-11-13-37(24-35)52-38-18-21-42-41-14-9-10-15-43(41)50(44(42)25-38)45-26-36(51-8)22-23-47-45;/h9-15,18,21-23,26-30H,16-17,19-20H2,1-8H3;/q-2;+2. The van der Waals surface area contributed by atoms with Gasteiger partial charge in [0.1, 0.15) is 11.6 Å². The molecule has 0 aliphatic carbocycles. The zero-order chi connectivity index (χ0) is 36.5. The Labute approximate surface area is 328 Å². The van der Waals surface area contributed by atoms with E-state index in [1.807, 2.05) is 53.3 Å². The third-order valence-corrected chi connectivity index (χ3v) is 10.4. The number of aromatic nitrogens is 4. The molecule has 0 atom stereocenters. The van der Waals surface area contributed by atoms with Crippen LogP contribution in [0.5, 0.6) is 17.2 Å². The predicted molar refractivity (Wildman–Crippen MR) is 212 cm³/mol. The molecule has 0 aliphatic rings. The first-order valence-corrected chi connectivity index (χ1v) is 18.5. The van der Waals surface area contributed by atoms with Crippen molar-refractivity contribution in [3.8, 4) is 39.9 Å². The summed E-state index contributed by atoms with van der Waals surface area (Å²) in [5, 5.41) is 7.07. The zero-order valence-electron chi connectivity index (χ0n) is 32.0. The smallest absolute Gasteiger partial charge is 0.509 e. The molecule has 7 rings (SSSR count). The van der Waals surface area contributed by atoms with E-state index >= 15 is 0 Å². The number of hydrogen-bond acceptors (Lipinski definition) is 4. The van der Waals surface area contributed by atoms with Crippen LogP contribution in [-0.2, 0) is 33.9 Å². The molecule has 3 heterocycles. The minimum Gasteiger partial charge on any atom is -0.509 e. The van der Waals surface area contributed by atoms with Crippen LogP contribution < -0.4 is 9.47 Å². The summed E-state index contributed by atoms with van der Waals surface area (Å²) in [5.74, 6) is 3.93. The van der Waals surface area contributed by atoms with Crippen molar-refractivity contribution < 1.29 is 30.5 Å². The number of nitrogens with zero attached hydrogens (tertiary/aromatic N) is 4. The first kappa shape index (κ1) is 38.1. The van der Waals surface area contributed by atoms with Crippen LogP contribution in [0.15, 0.2) is 85.3 Å². The van der Waals surface area contributed by atoms with Crippen LogP contribution in [0.2, 0.25) is 0 Å². The van der Waals surface area contributed by atoms with Gasteiger partial charge in [-0.1, -0.05) is 51.4 Å². The Hall–Kier alpha value is -4.67. The fourth-order valence-electron chi connectivity index (χ4n) is 7.28. The second-order valence-electron chi connectivity index (χ2n) is 14.7. The summed E-state index contributed by atoms with van der Waals surface area (Å²) in [5.41, 5.74) is 12.4. The summed E-state index contributed by atoms with van der Waals surface area (Å²) < 4.78 is 16.0. The van der Waals surface area contributed by atoms with Crippen molar-refractivity contribution >= 4 is 21.8 Å². The topological polar surface area (TPSA) is 54.1 Å². The molecule has 0 spiro atoms. The van der Waals surface area contributed by atoms with Crippen molar-refractivity contribution in [3.63, 3.8) is 0 Å². The van der Waals surface area contributed by atoms with E-state index in [1.54, 1.807) is 13.3 Å². The Morgan fingerprint density at radius 2 is 1.45 bits per heavy atom. The third kappa shape index (κ3) is 7.71. The average Bonchev–Trinajstić information content (AvgIpc) is 3.76. The van der Waals surface area contributed by atoms with Gasteiger partial charge in [-0.05, 0) is 115 Å². The Bertz CT molecular complexity index is 2350. The summed E-state index contributed by atoms with van der Waals surface area (Å²) in [7, 11) is 1.67. The maximum absolute atomic E-state index is 6.45. The van der Waals surface area contributed by atoms with E-state index < -0.39 is 0 Å². The van der Waals surface area contributed by atoms with Crippen molar-refractivity contribution in [2.75, 3.05) is 7.11 Å². The molecule has 0 aliphatic heterocycles. The summed E-state index contributed by atoms with van der Waals surface area (Å²) in [6.45, 7) is 16.1. The third-order valence-electron chi connectivity index (χ3n) is 10.4. The van der Waals surface area contributed by atoms with Gasteiger partial charge >= 0.3 is 21.1 Å². The fraction of sp³-hybridized carbons (Fsp3) is 0.304. The maximum atomic E-state index is 6.45. The van der Waals surface area contributed by atoms with Crippen molar-refractivity contribution in [1.29, 1.82) is 0 Å². The number of fused-ring (bicyclic) bond motifs is 3. The molecule has 0 N–H and O–H groups in total. The number of rotatable bonds is 12. The number of benzene rings is 4. The van der Waals surface area contributed by atoms with E-state index in [9.17, 15) is 0 Å². The fourth-order valence-corrected chi connectivity index (χ4v) is 7.28. The summed E-state index contributed by atoms with van der Waals surface area (Å²) in [4.78, 5) is 4.68. The quantitative estimate of drug-likeness (QED) is 0.115. The zero-order valence-corrected chi connectivity index (χ0v) is 34.3. The maximum Gasteiger partial charge on any atom is 2.00 e. The Kier molecular flexibility index (Phi) is 11.6. The van der Waals surface area contributed by atoms with Crippen molar-refractivity contribution in [3.05, 3.63) is 125 Å². The largest absolute Gasteiger partial charge is 2.00 e. The molecule has 0 unspecified atom stereocenters. The second kappa shape index (κ2) is 16.1. The Morgan fingerprint density at radius 1 is 0.755 bits per heavy atom. The van der Waals surface area contributed by atoms with Gasteiger partial charge in [-0.2, -0.15) is 17.2 Å². The van der Waals surface area contributed by atoms with Crippen molar-refractivity contribution in [2.24, 2.45) is 11.8 Å². The first-order valence-electron chi connectivity index (χ1n) is 18.5. The van der Waals surface area contributed by atoms with E-state index in [2.05, 4.69) is 101 Å². The average molecular weight is 884 g/mol. The molecule has 53 heavy (non-hydrogen) atoms. The van der Waals surface area contributed by atoms with Crippen LogP contribution in [0.3, 0.4) is 0 Å². The van der Waals surface area contributed by atoms with E-state index in [0.717, 1.165) is 70.3 Å². The summed E-state index contributed by atoms with van der Waals surface area (Å²) in [6.07, 6.45) is 10.4. The van der Waals surface area contributed by atoms with Gasteiger partial charge < -0.3 is 14.0 Å². The van der Waals surface area contributed by atoms with Crippen LogP contribution in [-0.4, -0.2) is 26.4 Å². The van der Waals surface area contributed by atoms with Gasteiger partial charge in [0.05, 0.1) is 13.3 Å². The number of methoxy groups -OCH3 is 1. The summed E-state index contributed by atoms with van der Waals surface area (Å²) in [6, 6.07) is 29.1. The van der Waals surface area contributed by atoms with Crippen LogP contribution in [0.4, 0.5) is 0 Å². The van der Waals surface area contributed by atoms with Crippen LogP contribution in [0, 0.1) is 44.7 Å². The molecule has 3 aromatic heterocycles. The minimum absolute atomic E-state index is 0. The summed E-state index contributed by atoms with van der Waals surface area (Å²) >= 11 is 0. The van der Waals surface area contributed by atoms with Gasteiger partial charge in [-0.3, -0.25) is 4.68 Å². The van der Waals surface area contributed by atoms with E-state index in [1.165, 1.54) is 33.4 Å². The number of ether oxygens (including phenoxy) is 2. The van der Waals surface area contributed by atoms with Gasteiger partial charge in [0.15, 0.2) is 0 Å². The Morgan fingerprint density at radius 3 is 2.15 bits per heavy atom. The van der Waals surface area contributed by atoms with E-state index in [0.29, 0.717) is 23.3 Å². The second-order valence-corrected chi connectivity index (χ2v) is 14.7. The molecule has 274 valence electrons. The molecule has 6 nitrogen and oxygen atoms in total. The molecule has 7 aromatic rings. The molecule has 0 bridgehead atoms. The minimum atomic E-state index is 0. The van der Waals surface area contributed by atoms with Gasteiger partial charge in [0.25, 0.3) is 0 Å². The number of pyridine rings is 1. The van der Waals surface area contributed by atoms with Crippen LogP contribution in [0.25, 0.3) is 44.4 Å². The van der Waals surface area contributed by atoms with Gasteiger partial charge in [-0.25, -0.2) is 4.98 Å². The first-order chi connectivity index (χ1) is 25.1. The Balaban J connectivity index is 0.00000481. The van der Waals surface area contributed by atoms with Gasteiger partial charge in [0.2, 0.25) is 0 Å². The molecule has 0 saturated carbocycles. The normalized spacial score (nSPS) is 11.5. The van der Waals surface area contributed by atoms with Gasteiger partial charge in [0, 0.05) is 41.0 Å². The molecule has 0 fully saturated rings. The van der Waals surface area contributed by atoms with E-state index in [4.69, 9.17) is 14.6 Å². The molecular formula is C46H48N4O2Pt. The van der Waals surface area contributed by atoms with Crippen LogP contribution in [0.1, 0.15) is 68.4 Å². The molecular weight excluding hydrogens is 836 g/mol. The molecule has 0 radical (unpaired) electrons. The molecule has 0 saturated heterocycles. The molecule has 7 heteroatoms. The molecule has 4 aromatic carbocycles. The van der Waals surface area contributed by atoms with E-state index in [-0.39, 0.29) is 21.1 Å². The van der Waals surface area contributed by atoms with Crippen molar-refractivity contribution in [1.82, 2.24) is 19.3 Å². The predicted octanol–water partition coefficient (Wildman–Crippen LogP) is 11.5. The SMILES string of the molecule is COc1ccnc(-n2c3[c-]c(Oc4[c-]c(-n5cc(-c6c(CCC(C)C)c(C)c(C)c(C)c6CCC(C)C)cn5)ccc4)ccc3c3ccccc32)c1.[Pt+2]. The molecule has 0 amide bonds. The van der Waals surface area contributed by atoms with Gasteiger partial charge in [-0.15, -0.1) is 35.7 Å². The number of hydrogen-bond donors (Lipinski definition) is 0.